The summed E-state index contributed by atoms with van der Waals surface area (Å²) in [5.74, 6) is -0.211. The van der Waals surface area contributed by atoms with Crippen molar-refractivity contribution in [3.63, 3.8) is 0 Å². The van der Waals surface area contributed by atoms with Gasteiger partial charge in [-0.1, -0.05) is 18.0 Å². The number of ether oxygens (including phenoxy) is 1. The van der Waals surface area contributed by atoms with Gasteiger partial charge in [-0.2, -0.15) is 4.31 Å². The molecule has 1 fully saturated rings. The van der Waals surface area contributed by atoms with Crippen LogP contribution in [0.15, 0.2) is 26.9 Å². The number of thiophene rings is 1. The molecule has 0 radical (unpaired) electrons. The lowest BCUT2D eigenvalue weighted by molar-refractivity contribution is 0.0514. The number of rotatable bonds is 5. The maximum absolute atomic E-state index is 12.8. The molecule has 0 amide bonds. The molecule has 3 heterocycles. The summed E-state index contributed by atoms with van der Waals surface area (Å²) in [5.41, 5.74) is 0.0715. The van der Waals surface area contributed by atoms with Crippen LogP contribution in [0.1, 0.15) is 43.1 Å². The van der Waals surface area contributed by atoms with Gasteiger partial charge in [-0.05, 0) is 31.9 Å². The fourth-order valence-electron chi connectivity index (χ4n) is 2.69. The molecule has 1 aliphatic heterocycles. The largest absolute Gasteiger partial charge is 0.461 e. The molecular formula is C16H20N2O5S2. The van der Waals surface area contributed by atoms with Crippen molar-refractivity contribution >= 4 is 27.3 Å². The molecule has 0 aliphatic carbocycles. The average Bonchev–Trinajstić information content (AvgIpc) is 3.18. The van der Waals surface area contributed by atoms with Crippen LogP contribution in [0, 0.1) is 0 Å². The molecule has 2 aromatic rings. The van der Waals surface area contributed by atoms with Gasteiger partial charge in [0.1, 0.15) is 4.21 Å². The predicted octanol–water partition coefficient (Wildman–Crippen LogP) is 3.14. The molecule has 0 atom stereocenters. The molecule has 1 saturated heterocycles. The predicted molar refractivity (Wildman–Crippen MR) is 93.0 cm³/mol. The zero-order valence-corrected chi connectivity index (χ0v) is 15.6. The highest BCUT2D eigenvalue weighted by molar-refractivity contribution is 7.91. The van der Waals surface area contributed by atoms with Gasteiger partial charge in [-0.3, -0.25) is 0 Å². The first-order valence-electron chi connectivity index (χ1n) is 8.26. The molecular weight excluding hydrogens is 364 g/mol. The van der Waals surface area contributed by atoms with Crippen molar-refractivity contribution in [1.82, 2.24) is 9.46 Å². The number of nitrogens with zero attached hydrogens (tertiary/aromatic N) is 2. The SMILES string of the molecule is CCOC(=O)c1cc(-c2ccc(S(=O)(=O)N3CCCCCC3)s2)on1. The van der Waals surface area contributed by atoms with Crippen LogP contribution in [0.5, 0.6) is 0 Å². The fraction of sp³-hybridized carbons (Fsp3) is 0.500. The molecule has 7 nitrogen and oxygen atoms in total. The van der Waals surface area contributed by atoms with E-state index < -0.39 is 16.0 Å². The number of esters is 1. The maximum Gasteiger partial charge on any atom is 0.360 e. The van der Waals surface area contributed by atoms with E-state index in [4.69, 9.17) is 9.26 Å². The second-order valence-electron chi connectivity index (χ2n) is 5.73. The molecule has 0 N–H and O–H groups in total. The van der Waals surface area contributed by atoms with Gasteiger partial charge in [0, 0.05) is 19.2 Å². The maximum atomic E-state index is 12.8. The first-order valence-corrected chi connectivity index (χ1v) is 10.5. The Morgan fingerprint density at radius 1 is 1.28 bits per heavy atom. The zero-order chi connectivity index (χ0) is 17.9. The van der Waals surface area contributed by atoms with Crippen molar-refractivity contribution in [3.8, 4) is 10.6 Å². The van der Waals surface area contributed by atoms with Gasteiger partial charge >= 0.3 is 5.97 Å². The monoisotopic (exact) mass is 384 g/mol. The minimum atomic E-state index is -3.49. The zero-order valence-electron chi connectivity index (χ0n) is 13.9. The third-order valence-electron chi connectivity index (χ3n) is 3.98. The van der Waals surface area contributed by atoms with E-state index in [2.05, 4.69) is 5.16 Å². The Morgan fingerprint density at radius 3 is 2.68 bits per heavy atom. The topological polar surface area (TPSA) is 89.7 Å². The first-order chi connectivity index (χ1) is 12.0. The van der Waals surface area contributed by atoms with Crippen molar-refractivity contribution in [2.75, 3.05) is 19.7 Å². The van der Waals surface area contributed by atoms with Crippen LogP contribution >= 0.6 is 11.3 Å². The molecule has 0 unspecified atom stereocenters. The van der Waals surface area contributed by atoms with Crippen LogP contribution in [0.4, 0.5) is 0 Å². The highest BCUT2D eigenvalue weighted by Gasteiger charge is 2.27. The molecule has 3 rings (SSSR count). The molecule has 1 aliphatic rings. The number of carbonyl (C=O) groups excluding carboxylic acids is 1. The summed E-state index contributed by atoms with van der Waals surface area (Å²) in [6.45, 7) is 3.08. The van der Waals surface area contributed by atoms with E-state index in [1.807, 2.05) is 0 Å². The van der Waals surface area contributed by atoms with Crippen LogP contribution in [-0.4, -0.2) is 43.5 Å². The van der Waals surface area contributed by atoms with Crippen molar-refractivity contribution in [3.05, 3.63) is 23.9 Å². The number of hydrogen-bond acceptors (Lipinski definition) is 7. The van der Waals surface area contributed by atoms with Crippen molar-refractivity contribution < 1.29 is 22.5 Å². The van der Waals surface area contributed by atoms with E-state index >= 15 is 0 Å². The van der Waals surface area contributed by atoms with Gasteiger partial charge in [-0.15, -0.1) is 11.3 Å². The summed E-state index contributed by atoms with van der Waals surface area (Å²) < 4.78 is 37.5. The van der Waals surface area contributed by atoms with Gasteiger partial charge < -0.3 is 9.26 Å². The van der Waals surface area contributed by atoms with Gasteiger partial charge in [0.05, 0.1) is 11.5 Å². The van der Waals surface area contributed by atoms with Gasteiger partial charge in [0.25, 0.3) is 10.0 Å². The summed E-state index contributed by atoms with van der Waals surface area (Å²) in [7, 11) is -3.49. The van der Waals surface area contributed by atoms with Gasteiger partial charge in [0.2, 0.25) is 0 Å². The van der Waals surface area contributed by atoms with E-state index in [0.717, 1.165) is 37.0 Å². The molecule has 0 saturated carbocycles. The Labute approximate surface area is 150 Å². The Bertz CT molecular complexity index is 832. The number of carbonyl (C=O) groups is 1. The normalized spacial score (nSPS) is 16.5. The quantitative estimate of drug-likeness (QED) is 0.736. The molecule has 25 heavy (non-hydrogen) atoms. The molecule has 136 valence electrons. The molecule has 2 aromatic heterocycles. The second-order valence-corrected chi connectivity index (χ2v) is 8.98. The number of aromatic nitrogens is 1. The van der Waals surface area contributed by atoms with E-state index in [-0.39, 0.29) is 16.5 Å². The standard InChI is InChI=1S/C16H20N2O5S2/c1-2-22-16(19)12-11-13(23-17-12)14-7-8-15(24-14)25(20,21)18-9-5-3-4-6-10-18/h7-8,11H,2-6,9-10H2,1H3. The summed E-state index contributed by atoms with van der Waals surface area (Å²) in [5, 5.41) is 3.68. The molecule has 0 bridgehead atoms. The van der Waals surface area contributed by atoms with Crippen molar-refractivity contribution in [1.29, 1.82) is 0 Å². The Morgan fingerprint density at radius 2 is 2.00 bits per heavy atom. The lowest BCUT2D eigenvalue weighted by atomic mass is 10.2. The van der Waals surface area contributed by atoms with E-state index in [0.29, 0.717) is 23.7 Å². The van der Waals surface area contributed by atoms with E-state index in [9.17, 15) is 13.2 Å². The highest BCUT2D eigenvalue weighted by atomic mass is 32.2. The van der Waals surface area contributed by atoms with Crippen LogP contribution in [0.3, 0.4) is 0 Å². The van der Waals surface area contributed by atoms with E-state index in [1.165, 1.54) is 6.07 Å². The first kappa shape index (κ1) is 18.1. The van der Waals surface area contributed by atoms with Crippen molar-refractivity contribution in [2.45, 2.75) is 36.8 Å². The average molecular weight is 384 g/mol. The number of sulfonamides is 1. The Hall–Kier alpha value is -1.71. The van der Waals surface area contributed by atoms with Crippen LogP contribution in [0.2, 0.25) is 0 Å². The van der Waals surface area contributed by atoms with E-state index in [1.54, 1.807) is 23.4 Å². The number of hydrogen-bond donors (Lipinski definition) is 0. The third kappa shape index (κ3) is 3.94. The summed E-state index contributed by atoms with van der Waals surface area (Å²) >= 11 is 1.12. The smallest absolute Gasteiger partial charge is 0.360 e. The van der Waals surface area contributed by atoms with Crippen molar-refractivity contribution in [2.24, 2.45) is 0 Å². The Balaban J connectivity index is 1.81. The minimum Gasteiger partial charge on any atom is -0.461 e. The molecule has 0 aromatic carbocycles. The third-order valence-corrected chi connectivity index (χ3v) is 7.44. The summed E-state index contributed by atoms with van der Waals surface area (Å²) in [6, 6.07) is 4.71. The molecule has 9 heteroatoms. The van der Waals surface area contributed by atoms with Crippen LogP contribution in [-0.2, 0) is 14.8 Å². The lowest BCUT2D eigenvalue weighted by Gasteiger charge is -2.18. The second kappa shape index (κ2) is 7.67. The minimum absolute atomic E-state index is 0.0715. The lowest BCUT2D eigenvalue weighted by Crippen LogP contribution is -2.31. The Kier molecular flexibility index (Phi) is 5.55. The summed E-state index contributed by atoms with van der Waals surface area (Å²) in [4.78, 5) is 12.3. The van der Waals surface area contributed by atoms with Gasteiger partial charge in [-0.25, -0.2) is 13.2 Å². The fourth-order valence-corrected chi connectivity index (χ4v) is 5.62. The summed E-state index contributed by atoms with van der Waals surface area (Å²) in [6.07, 6.45) is 3.91. The van der Waals surface area contributed by atoms with Crippen LogP contribution < -0.4 is 0 Å². The van der Waals surface area contributed by atoms with Gasteiger partial charge in [0.15, 0.2) is 11.5 Å². The highest BCUT2D eigenvalue weighted by Crippen LogP contribution is 2.33. The molecule has 0 spiro atoms. The van der Waals surface area contributed by atoms with Crippen LogP contribution in [0.25, 0.3) is 10.6 Å².